The van der Waals surface area contributed by atoms with Gasteiger partial charge in [0.2, 0.25) is 15.9 Å². The van der Waals surface area contributed by atoms with E-state index >= 15 is 0 Å². The van der Waals surface area contributed by atoms with E-state index in [0.717, 1.165) is 0 Å². The predicted octanol–water partition coefficient (Wildman–Crippen LogP) is 4.25. The first kappa shape index (κ1) is 29.0. The third-order valence-electron chi connectivity index (χ3n) is 6.83. The van der Waals surface area contributed by atoms with Crippen LogP contribution in [-0.2, 0) is 27.9 Å². The van der Waals surface area contributed by atoms with Gasteiger partial charge in [0.05, 0.1) is 35.5 Å². The Balaban J connectivity index is 1.83. The summed E-state index contributed by atoms with van der Waals surface area (Å²) in [5.74, 6) is 2.24. The number of sulfonamides is 1. The molecule has 3 aromatic carbocycles. The number of benzene rings is 3. The molecule has 0 spiro atoms. The van der Waals surface area contributed by atoms with E-state index in [1.54, 1.807) is 67.7 Å². The highest BCUT2D eigenvalue weighted by molar-refractivity contribution is 7.89. The Bertz CT molecular complexity index is 1420. The summed E-state index contributed by atoms with van der Waals surface area (Å²) in [6.45, 7) is 0.474. The van der Waals surface area contributed by atoms with Gasteiger partial charge in [-0.2, -0.15) is 4.31 Å². The van der Waals surface area contributed by atoms with Crippen LogP contribution in [0.25, 0.3) is 0 Å². The highest BCUT2D eigenvalue weighted by Crippen LogP contribution is 2.36. The zero-order valence-electron chi connectivity index (χ0n) is 23.3. The summed E-state index contributed by atoms with van der Waals surface area (Å²) in [5.41, 5.74) is 1.76. The molecule has 10 nitrogen and oxygen atoms in total. The number of rotatable bonds is 12. The Morgan fingerprint density at radius 1 is 0.725 bits per heavy atom. The van der Waals surface area contributed by atoms with Crippen LogP contribution in [0, 0.1) is 0 Å². The van der Waals surface area contributed by atoms with Gasteiger partial charge < -0.3 is 28.6 Å². The maximum absolute atomic E-state index is 14.4. The normalized spacial score (nSPS) is 13.4. The van der Waals surface area contributed by atoms with Crippen LogP contribution >= 0.6 is 0 Å². The molecule has 1 aliphatic heterocycles. The van der Waals surface area contributed by atoms with Crippen LogP contribution in [0.5, 0.6) is 28.7 Å². The van der Waals surface area contributed by atoms with Gasteiger partial charge in [0.15, 0.2) is 0 Å². The zero-order valence-corrected chi connectivity index (χ0v) is 24.1. The minimum absolute atomic E-state index is 0.0271. The Morgan fingerprint density at radius 2 is 1.27 bits per heavy atom. The molecule has 40 heavy (non-hydrogen) atoms. The zero-order chi connectivity index (χ0) is 28.9. The van der Waals surface area contributed by atoms with Crippen LogP contribution in [0.2, 0.25) is 0 Å². The number of amides is 1. The molecule has 4 rings (SSSR count). The first-order chi connectivity index (χ1) is 19.2. The molecule has 0 unspecified atom stereocenters. The Labute approximate surface area is 235 Å². The molecule has 0 N–H and O–H groups in total. The van der Waals surface area contributed by atoms with Gasteiger partial charge >= 0.3 is 0 Å². The van der Waals surface area contributed by atoms with Crippen molar-refractivity contribution in [2.45, 2.75) is 30.8 Å². The Morgan fingerprint density at radius 3 is 1.73 bits per heavy atom. The summed E-state index contributed by atoms with van der Waals surface area (Å²) in [4.78, 5) is 14.0. The molecule has 0 radical (unpaired) electrons. The van der Waals surface area contributed by atoms with E-state index in [2.05, 4.69) is 0 Å². The van der Waals surface area contributed by atoms with E-state index < -0.39 is 10.0 Å². The maximum Gasteiger partial charge on any atom is 0.247 e. The van der Waals surface area contributed by atoms with Crippen molar-refractivity contribution in [2.75, 3.05) is 47.0 Å². The summed E-state index contributed by atoms with van der Waals surface area (Å²) in [5, 5.41) is 0. The summed E-state index contributed by atoms with van der Waals surface area (Å²) in [6.07, 6.45) is 1.14. The number of carbonyl (C=O) groups is 1. The van der Waals surface area contributed by atoms with Crippen LogP contribution in [0.1, 0.15) is 24.0 Å². The van der Waals surface area contributed by atoms with Gasteiger partial charge in [0.1, 0.15) is 33.6 Å². The second-order valence-corrected chi connectivity index (χ2v) is 11.0. The number of hydrogen-bond donors (Lipinski definition) is 0. The molecule has 1 fully saturated rings. The van der Waals surface area contributed by atoms with Gasteiger partial charge in [0.25, 0.3) is 0 Å². The monoisotopic (exact) mass is 570 g/mol. The topological polar surface area (TPSA) is 104 Å². The van der Waals surface area contributed by atoms with Crippen molar-refractivity contribution in [3.63, 3.8) is 0 Å². The first-order valence-electron chi connectivity index (χ1n) is 12.7. The molecular formula is C29H34N2O8S. The number of carbonyl (C=O) groups excluding carboxylic acids is 1. The predicted molar refractivity (Wildman–Crippen MR) is 150 cm³/mol. The lowest BCUT2D eigenvalue weighted by Crippen LogP contribution is -2.31. The molecule has 0 aliphatic carbocycles. The van der Waals surface area contributed by atoms with Crippen LogP contribution < -0.4 is 28.6 Å². The summed E-state index contributed by atoms with van der Waals surface area (Å²) >= 11 is 0. The molecule has 0 atom stereocenters. The van der Waals surface area contributed by atoms with Crippen LogP contribution in [0.4, 0.5) is 5.69 Å². The molecule has 1 amide bonds. The third-order valence-corrected chi connectivity index (χ3v) is 8.64. The van der Waals surface area contributed by atoms with Crippen molar-refractivity contribution in [3.05, 3.63) is 65.7 Å². The molecule has 1 aliphatic rings. The van der Waals surface area contributed by atoms with E-state index in [-0.39, 0.29) is 29.6 Å². The minimum Gasteiger partial charge on any atom is -0.497 e. The standard InChI is InChI=1S/C29H34N2O8S/c1-35-23-11-8-20(26(16-23)38-4)18-30(19-21-9-12-24(36-2)17-27(21)39-5)40(33,34)28-15-22(10-13-25(28)37-3)31-14-6-7-29(31)32/h8-13,15-17H,6-7,14,18-19H2,1-5H3. The molecule has 1 heterocycles. The fourth-order valence-electron chi connectivity index (χ4n) is 4.67. The van der Waals surface area contributed by atoms with Crippen molar-refractivity contribution in [2.24, 2.45) is 0 Å². The highest BCUT2D eigenvalue weighted by atomic mass is 32.2. The van der Waals surface area contributed by atoms with Gasteiger partial charge in [-0.05, 0) is 36.8 Å². The SMILES string of the molecule is COc1ccc(CN(Cc2ccc(OC)cc2OC)S(=O)(=O)c2cc(N3CCCC3=O)ccc2OC)c(OC)c1. The first-order valence-corrected chi connectivity index (χ1v) is 14.1. The molecule has 11 heteroatoms. The number of anilines is 1. The van der Waals surface area contributed by atoms with Gasteiger partial charge in [-0.3, -0.25) is 4.79 Å². The minimum atomic E-state index is -4.19. The molecule has 0 bridgehead atoms. The molecule has 0 saturated carbocycles. The number of ether oxygens (including phenoxy) is 5. The van der Waals surface area contributed by atoms with Crippen molar-refractivity contribution in [3.8, 4) is 28.7 Å². The van der Waals surface area contributed by atoms with E-state index in [1.165, 1.54) is 31.7 Å². The van der Waals surface area contributed by atoms with E-state index in [4.69, 9.17) is 23.7 Å². The third kappa shape index (κ3) is 5.95. The second kappa shape index (κ2) is 12.5. The van der Waals surface area contributed by atoms with E-state index in [0.29, 0.717) is 59.2 Å². The molecule has 214 valence electrons. The van der Waals surface area contributed by atoms with Crippen LogP contribution in [0.3, 0.4) is 0 Å². The Kier molecular flexibility index (Phi) is 9.06. The van der Waals surface area contributed by atoms with Crippen molar-refractivity contribution >= 4 is 21.6 Å². The number of nitrogens with zero attached hydrogens (tertiary/aromatic N) is 2. The molecule has 3 aromatic rings. The summed E-state index contributed by atoms with van der Waals surface area (Å²) < 4.78 is 57.4. The van der Waals surface area contributed by atoms with E-state index in [1.807, 2.05) is 0 Å². The van der Waals surface area contributed by atoms with Crippen molar-refractivity contribution < 1.29 is 36.9 Å². The van der Waals surface area contributed by atoms with Gasteiger partial charge in [-0.15, -0.1) is 0 Å². The largest absolute Gasteiger partial charge is 0.497 e. The lowest BCUT2D eigenvalue weighted by Gasteiger charge is -2.26. The molecule has 0 aromatic heterocycles. The number of hydrogen-bond acceptors (Lipinski definition) is 8. The second-order valence-electron chi connectivity index (χ2n) is 9.11. The number of methoxy groups -OCH3 is 5. The van der Waals surface area contributed by atoms with Crippen LogP contribution in [-0.4, -0.2) is 60.7 Å². The smallest absolute Gasteiger partial charge is 0.247 e. The highest BCUT2D eigenvalue weighted by Gasteiger charge is 2.32. The average molecular weight is 571 g/mol. The quantitative estimate of drug-likeness (QED) is 0.319. The summed E-state index contributed by atoms with van der Waals surface area (Å²) in [7, 11) is 3.35. The van der Waals surface area contributed by atoms with Gasteiger partial charge in [-0.1, -0.05) is 12.1 Å². The fourth-order valence-corrected chi connectivity index (χ4v) is 6.24. The van der Waals surface area contributed by atoms with Crippen molar-refractivity contribution in [1.82, 2.24) is 4.31 Å². The van der Waals surface area contributed by atoms with Crippen LogP contribution in [0.15, 0.2) is 59.5 Å². The van der Waals surface area contributed by atoms with E-state index in [9.17, 15) is 13.2 Å². The average Bonchev–Trinajstić information content (AvgIpc) is 3.42. The van der Waals surface area contributed by atoms with Gasteiger partial charge in [0, 0.05) is 55.0 Å². The lowest BCUT2D eigenvalue weighted by molar-refractivity contribution is -0.117. The Hall–Kier alpha value is -3.96. The summed E-state index contributed by atoms with van der Waals surface area (Å²) in [6, 6.07) is 15.2. The van der Waals surface area contributed by atoms with Crippen molar-refractivity contribution in [1.29, 1.82) is 0 Å². The van der Waals surface area contributed by atoms with Gasteiger partial charge in [-0.25, -0.2) is 8.42 Å². The maximum atomic E-state index is 14.4. The molecular weight excluding hydrogens is 536 g/mol. The fraction of sp³-hybridized carbons (Fsp3) is 0.345. The molecule has 1 saturated heterocycles. The lowest BCUT2D eigenvalue weighted by atomic mass is 10.1.